The van der Waals surface area contributed by atoms with E-state index < -0.39 is 0 Å². The van der Waals surface area contributed by atoms with Gasteiger partial charge in [0.1, 0.15) is 6.04 Å². The van der Waals surface area contributed by atoms with Gasteiger partial charge in [0.2, 0.25) is 5.91 Å². The van der Waals surface area contributed by atoms with Gasteiger partial charge in [0.15, 0.2) is 0 Å². The number of amides is 1. The fourth-order valence-corrected chi connectivity index (χ4v) is 3.47. The van der Waals surface area contributed by atoms with Crippen molar-refractivity contribution in [1.29, 1.82) is 0 Å². The second-order valence-corrected chi connectivity index (χ2v) is 6.47. The third-order valence-corrected chi connectivity index (χ3v) is 4.67. The molecule has 3 rings (SSSR count). The van der Waals surface area contributed by atoms with Crippen molar-refractivity contribution in [2.45, 2.75) is 38.8 Å². The van der Waals surface area contributed by atoms with E-state index in [9.17, 15) is 4.79 Å². The standard InChI is InChI=1S/C18H24N4O.2ClH/c1-12-9-13(2)22(20-12)14(3)18(23)21-10-16(17(19)11-21)15-7-5-4-6-8-15;;/h4-9,14,16-17H,10-11,19H2,1-3H3;2*1H/t14?,16-,17+;;/m0../s1. The van der Waals surface area contributed by atoms with E-state index in [1.54, 1.807) is 4.68 Å². The van der Waals surface area contributed by atoms with E-state index >= 15 is 0 Å². The van der Waals surface area contributed by atoms with Crippen molar-refractivity contribution in [3.05, 3.63) is 53.3 Å². The van der Waals surface area contributed by atoms with Crippen LogP contribution in [0.15, 0.2) is 36.4 Å². The minimum atomic E-state index is -0.301. The zero-order valence-electron chi connectivity index (χ0n) is 14.8. The molecule has 2 heterocycles. The van der Waals surface area contributed by atoms with Crippen molar-refractivity contribution < 1.29 is 4.79 Å². The smallest absolute Gasteiger partial charge is 0.247 e. The lowest BCUT2D eigenvalue weighted by molar-refractivity contribution is -0.133. The summed E-state index contributed by atoms with van der Waals surface area (Å²) in [6.45, 7) is 7.10. The Morgan fingerprint density at radius 1 is 1.20 bits per heavy atom. The molecule has 1 aliphatic rings. The first-order chi connectivity index (χ1) is 11.0. The van der Waals surface area contributed by atoms with Crippen molar-refractivity contribution in [1.82, 2.24) is 14.7 Å². The minimum Gasteiger partial charge on any atom is -0.339 e. The van der Waals surface area contributed by atoms with Gasteiger partial charge in [-0.2, -0.15) is 5.10 Å². The molecule has 138 valence electrons. The van der Waals surface area contributed by atoms with Crippen LogP contribution in [-0.4, -0.2) is 39.7 Å². The number of nitrogens with two attached hydrogens (primary N) is 1. The van der Waals surface area contributed by atoms with Crippen LogP contribution >= 0.6 is 24.8 Å². The summed E-state index contributed by atoms with van der Waals surface area (Å²) >= 11 is 0. The summed E-state index contributed by atoms with van der Waals surface area (Å²) in [5.41, 5.74) is 9.44. The largest absolute Gasteiger partial charge is 0.339 e. The summed E-state index contributed by atoms with van der Waals surface area (Å²) in [4.78, 5) is 14.7. The van der Waals surface area contributed by atoms with Crippen LogP contribution in [0.5, 0.6) is 0 Å². The maximum atomic E-state index is 12.8. The molecule has 1 aromatic heterocycles. The fourth-order valence-electron chi connectivity index (χ4n) is 3.47. The third-order valence-electron chi connectivity index (χ3n) is 4.67. The van der Waals surface area contributed by atoms with Crippen molar-refractivity contribution in [3.63, 3.8) is 0 Å². The number of benzene rings is 1. The zero-order valence-corrected chi connectivity index (χ0v) is 16.4. The van der Waals surface area contributed by atoms with Crippen LogP contribution in [0.2, 0.25) is 0 Å². The molecule has 0 spiro atoms. The lowest BCUT2D eigenvalue weighted by Gasteiger charge is -2.22. The summed E-state index contributed by atoms with van der Waals surface area (Å²) < 4.78 is 1.80. The fraction of sp³-hybridized carbons (Fsp3) is 0.444. The van der Waals surface area contributed by atoms with E-state index in [1.807, 2.05) is 49.9 Å². The molecule has 2 aromatic rings. The topological polar surface area (TPSA) is 64.2 Å². The minimum absolute atomic E-state index is 0. The lowest BCUT2D eigenvalue weighted by atomic mass is 9.95. The average molecular weight is 385 g/mol. The first-order valence-corrected chi connectivity index (χ1v) is 8.09. The molecule has 7 heteroatoms. The summed E-state index contributed by atoms with van der Waals surface area (Å²) in [6, 6.07) is 11.9. The summed E-state index contributed by atoms with van der Waals surface area (Å²) in [5, 5.41) is 4.44. The molecule has 0 bridgehead atoms. The van der Waals surface area contributed by atoms with Gasteiger partial charge in [-0.15, -0.1) is 24.8 Å². The van der Waals surface area contributed by atoms with Crippen LogP contribution in [0.4, 0.5) is 0 Å². The first kappa shape index (κ1) is 21.5. The van der Waals surface area contributed by atoms with Gasteiger partial charge in [0, 0.05) is 30.7 Å². The van der Waals surface area contributed by atoms with E-state index in [-0.39, 0.29) is 48.7 Å². The highest BCUT2D eigenvalue weighted by atomic mass is 35.5. The van der Waals surface area contributed by atoms with Crippen molar-refractivity contribution >= 4 is 30.7 Å². The highest BCUT2D eigenvalue weighted by molar-refractivity contribution is 5.85. The molecule has 1 fully saturated rings. The van der Waals surface area contributed by atoms with Crippen LogP contribution in [0.25, 0.3) is 0 Å². The number of carbonyl (C=O) groups is 1. The van der Waals surface area contributed by atoms with Gasteiger partial charge in [-0.1, -0.05) is 30.3 Å². The van der Waals surface area contributed by atoms with E-state index in [0.717, 1.165) is 11.4 Å². The van der Waals surface area contributed by atoms with Crippen LogP contribution in [0.1, 0.15) is 35.8 Å². The normalized spacial score (nSPS) is 20.6. The molecule has 1 aliphatic heterocycles. The van der Waals surface area contributed by atoms with Gasteiger partial charge in [-0.25, -0.2) is 0 Å². The van der Waals surface area contributed by atoms with Gasteiger partial charge in [-0.3, -0.25) is 9.48 Å². The molecular weight excluding hydrogens is 359 g/mol. The summed E-state index contributed by atoms with van der Waals surface area (Å²) in [5.74, 6) is 0.290. The number of aryl methyl sites for hydroxylation is 2. The summed E-state index contributed by atoms with van der Waals surface area (Å²) in [7, 11) is 0. The summed E-state index contributed by atoms with van der Waals surface area (Å²) in [6.07, 6.45) is 0. The molecule has 1 aromatic carbocycles. The number of halogens is 2. The Labute approximate surface area is 161 Å². The Hall–Kier alpha value is -1.56. The van der Waals surface area contributed by atoms with Crippen LogP contribution in [0.3, 0.4) is 0 Å². The first-order valence-electron chi connectivity index (χ1n) is 8.09. The van der Waals surface area contributed by atoms with Gasteiger partial charge >= 0.3 is 0 Å². The van der Waals surface area contributed by atoms with Gasteiger partial charge in [0.05, 0.1) is 5.69 Å². The highest BCUT2D eigenvalue weighted by Crippen LogP contribution is 2.28. The Morgan fingerprint density at radius 3 is 2.40 bits per heavy atom. The van der Waals surface area contributed by atoms with Crippen LogP contribution in [0, 0.1) is 13.8 Å². The molecule has 1 saturated heterocycles. The molecule has 1 amide bonds. The zero-order chi connectivity index (χ0) is 16.6. The van der Waals surface area contributed by atoms with Crippen molar-refractivity contribution in [2.24, 2.45) is 5.73 Å². The Balaban J connectivity index is 0.00000156. The number of rotatable bonds is 3. The Morgan fingerprint density at radius 2 is 1.84 bits per heavy atom. The van der Waals surface area contributed by atoms with Crippen molar-refractivity contribution in [2.75, 3.05) is 13.1 Å². The second-order valence-electron chi connectivity index (χ2n) is 6.47. The van der Waals surface area contributed by atoms with E-state index in [0.29, 0.717) is 13.1 Å². The number of aromatic nitrogens is 2. The lowest BCUT2D eigenvalue weighted by Crippen LogP contribution is -2.37. The molecule has 1 unspecified atom stereocenters. The maximum absolute atomic E-state index is 12.8. The molecular formula is C18H26Cl2N4O. The molecule has 0 saturated carbocycles. The van der Waals surface area contributed by atoms with E-state index in [4.69, 9.17) is 5.73 Å². The van der Waals surface area contributed by atoms with Gasteiger partial charge in [0.25, 0.3) is 0 Å². The number of carbonyl (C=O) groups excluding carboxylic acids is 1. The number of nitrogens with zero attached hydrogens (tertiary/aromatic N) is 3. The SMILES string of the molecule is Cc1cc(C)n(C(C)C(=O)N2C[C@@H](N)[C@H](c3ccccc3)C2)n1.Cl.Cl. The Bertz CT molecular complexity index is 704. The van der Waals surface area contributed by atoms with Gasteiger partial charge < -0.3 is 10.6 Å². The second kappa shape index (κ2) is 8.70. The number of hydrogen-bond donors (Lipinski definition) is 1. The predicted molar refractivity (Wildman–Crippen MR) is 105 cm³/mol. The van der Waals surface area contributed by atoms with E-state index in [2.05, 4.69) is 17.2 Å². The monoisotopic (exact) mass is 384 g/mol. The van der Waals surface area contributed by atoms with Crippen LogP contribution in [-0.2, 0) is 4.79 Å². The molecule has 3 atom stereocenters. The third kappa shape index (κ3) is 4.35. The molecule has 5 nitrogen and oxygen atoms in total. The number of likely N-dealkylation sites (tertiary alicyclic amines) is 1. The predicted octanol–water partition coefficient (Wildman–Crippen LogP) is 2.86. The average Bonchev–Trinajstić information content (AvgIpc) is 3.09. The molecule has 0 radical (unpaired) electrons. The van der Waals surface area contributed by atoms with Gasteiger partial charge in [-0.05, 0) is 32.4 Å². The number of hydrogen-bond acceptors (Lipinski definition) is 3. The Kier molecular flexibility index (Phi) is 7.47. The molecule has 2 N–H and O–H groups in total. The quantitative estimate of drug-likeness (QED) is 0.884. The van der Waals surface area contributed by atoms with E-state index in [1.165, 1.54) is 5.56 Å². The van der Waals surface area contributed by atoms with Crippen molar-refractivity contribution in [3.8, 4) is 0 Å². The molecule has 25 heavy (non-hydrogen) atoms. The maximum Gasteiger partial charge on any atom is 0.247 e. The van der Waals surface area contributed by atoms with Crippen LogP contribution < -0.4 is 5.73 Å². The molecule has 0 aliphatic carbocycles. The highest BCUT2D eigenvalue weighted by Gasteiger charge is 2.36.